The van der Waals surface area contributed by atoms with Crippen molar-refractivity contribution in [2.24, 2.45) is 0 Å². The Balaban J connectivity index is 1.25. The van der Waals surface area contributed by atoms with Gasteiger partial charge in [-0.2, -0.15) is 0 Å². The molecule has 0 saturated carbocycles. The third-order valence-corrected chi connectivity index (χ3v) is 11.3. The van der Waals surface area contributed by atoms with Crippen LogP contribution in [0.3, 0.4) is 0 Å². The van der Waals surface area contributed by atoms with Crippen molar-refractivity contribution in [1.29, 1.82) is 0 Å². The Morgan fingerprint density at radius 2 is 1.27 bits per heavy atom. The van der Waals surface area contributed by atoms with Gasteiger partial charge in [-0.3, -0.25) is 0 Å². The van der Waals surface area contributed by atoms with E-state index in [4.69, 9.17) is 42.6 Å². The van der Waals surface area contributed by atoms with Crippen molar-refractivity contribution in [3.63, 3.8) is 0 Å². The fraction of sp³-hybridized carbons (Fsp3) is 0.465. The number of rotatable bonds is 14. The van der Waals surface area contributed by atoms with Crippen molar-refractivity contribution in [2.75, 3.05) is 26.9 Å². The first-order chi connectivity index (χ1) is 31.9. The van der Waals surface area contributed by atoms with E-state index >= 15 is 0 Å². The Labute approximate surface area is 379 Å². The summed E-state index contributed by atoms with van der Waals surface area (Å²) in [5.74, 6) is -3.30. The van der Waals surface area contributed by atoms with E-state index in [2.05, 4.69) is 0 Å². The fourth-order valence-electron chi connectivity index (χ4n) is 7.58. The van der Waals surface area contributed by atoms with Crippen LogP contribution in [0.2, 0.25) is 0 Å². The van der Waals surface area contributed by atoms with E-state index in [-0.39, 0.29) is 39.9 Å². The first kappa shape index (κ1) is 49.4. The Kier molecular flexibility index (Phi) is 15.3. The van der Waals surface area contributed by atoms with Gasteiger partial charge in [0.2, 0.25) is 12.6 Å². The van der Waals surface area contributed by atoms with Crippen LogP contribution < -0.4 is 14.2 Å². The normalized spacial score (nSPS) is 34.1. The van der Waals surface area contributed by atoms with Crippen LogP contribution in [-0.4, -0.2) is 197 Å². The maximum atomic E-state index is 12.8. The van der Waals surface area contributed by atoms with E-state index in [1.165, 1.54) is 55.7 Å². The number of phenols is 4. The first-order valence-corrected chi connectivity index (χ1v) is 20.5. The number of fused-ring (bicyclic) bond motifs is 1. The molecule has 0 radical (unpaired) electrons. The standard InChI is InChI=1S/C43H50O24/c1-59-25-9-17(4-6-21(25)48)39-26(12-19-23(61-39)10-18(46)11-24(19)62-41-37(57)34(54)31(51)27(13-44)64-41)63-43-40(67-42-38(58)35(55)32(52)28(14-45)65-42)36(56)33(53)29(66-43)15-60-30(50)7-3-16-2-5-20(47)22(49)8-16/h2-12,27-29,31-49,51-58H,13-15H2,1H3/b7-3+/t27-,28-,29+,31-,32-,33-,34+,35+,36-,37-,38-,39?,40+,41-,42+,43-/m1/s1. The summed E-state index contributed by atoms with van der Waals surface area (Å²) < 4.78 is 52.3. The lowest BCUT2D eigenvalue weighted by Crippen LogP contribution is -2.64. The van der Waals surface area contributed by atoms with Gasteiger partial charge in [-0.25, -0.2) is 4.79 Å². The molecule has 0 aromatic heterocycles. The molecule has 14 N–H and O–H groups in total. The second-order valence-corrected chi connectivity index (χ2v) is 15.8. The molecule has 3 saturated heterocycles. The molecule has 24 heteroatoms. The van der Waals surface area contributed by atoms with E-state index < -0.39 is 141 Å². The van der Waals surface area contributed by atoms with Crippen molar-refractivity contribution in [2.45, 2.75) is 98.2 Å². The molecule has 24 nitrogen and oxygen atoms in total. The molecule has 4 aliphatic rings. The van der Waals surface area contributed by atoms with Gasteiger partial charge in [0.25, 0.3) is 0 Å². The number of hydrogen-bond donors (Lipinski definition) is 14. The number of ether oxygens (including phenoxy) is 9. The van der Waals surface area contributed by atoms with Crippen molar-refractivity contribution in [3.8, 4) is 40.2 Å². The molecule has 3 aromatic rings. The van der Waals surface area contributed by atoms with Crippen LogP contribution >= 0.6 is 0 Å². The minimum absolute atomic E-state index is 0.0387. The summed E-state index contributed by atoms with van der Waals surface area (Å²) in [5.41, 5.74) is 0.447. The molecule has 0 amide bonds. The lowest BCUT2D eigenvalue weighted by Gasteiger charge is -2.46. The average molecular weight is 951 g/mol. The highest BCUT2D eigenvalue weighted by molar-refractivity contribution is 5.87. The number of phenolic OH excluding ortho intramolecular Hbond substituents is 4. The molecule has 67 heavy (non-hydrogen) atoms. The fourth-order valence-corrected chi connectivity index (χ4v) is 7.58. The third-order valence-electron chi connectivity index (χ3n) is 11.3. The lowest BCUT2D eigenvalue weighted by atomic mass is 9.97. The van der Waals surface area contributed by atoms with E-state index in [0.29, 0.717) is 5.56 Å². The summed E-state index contributed by atoms with van der Waals surface area (Å²) in [4.78, 5) is 12.8. The molecule has 366 valence electrons. The monoisotopic (exact) mass is 950 g/mol. The second-order valence-electron chi connectivity index (χ2n) is 15.8. The summed E-state index contributed by atoms with van der Waals surface area (Å²) in [5, 5.41) is 147. The predicted molar refractivity (Wildman–Crippen MR) is 219 cm³/mol. The highest BCUT2D eigenvalue weighted by atomic mass is 16.8. The second kappa shape index (κ2) is 20.8. The maximum Gasteiger partial charge on any atom is 0.330 e. The Morgan fingerprint density at radius 3 is 1.93 bits per heavy atom. The zero-order chi connectivity index (χ0) is 48.4. The number of carbonyl (C=O) groups is 1. The van der Waals surface area contributed by atoms with E-state index in [1.807, 2.05) is 0 Å². The van der Waals surface area contributed by atoms with Crippen LogP contribution in [0.1, 0.15) is 22.8 Å². The smallest absolute Gasteiger partial charge is 0.330 e. The summed E-state index contributed by atoms with van der Waals surface area (Å²) in [7, 11) is 1.27. The Bertz CT molecular complexity index is 2270. The number of benzene rings is 3. The summed E-state index contributed by atoms with van der Waals surface area (Å²) in [6.45, 7) is -2.42. The highest BCUT2D eigenvalue weighted by Gasteiger charge is 2.53. The lowest BCUT2D eigenvalue weighted by molar-refractivity contribution is -0.364. The SMILES string of the molecule is COc1cc(C2Oc3cc(O)cc(O[C@@H]4O[C@H](CO)[C@@H](O)[C@H](O)[C@H]4O)c3C=C2O[C@@H]2O[C@@H](COC(=O)/C=C/c3ccc(O)c(O)c3)[C@@H](O)[C@@H](O)[C@@H]2O[C@@H]2O[C@H](CO)[C@@H](O)[C@H](O)[C@H]2O)ccc1O. The van der Waals surface area contributed by atoms with Crippen molar-refractivity contribution in [3.05, 3.63) is 77.1 Å². The molecule has 4 heterocycles. The summed E-state index contributed by atoms with van der Waals surface area (Å²) >= 11 is 0. The largest absolute Gasteiger partial charge is 0.508 e. The van der Waals surface area contributed by atoms with Crippen LogP contribution in [0.5, 0.6) is 40.2 Å². The van der Waals surface area contributed by atoms with Gasteiger partial charge >= 0.3 is 5.97 Å². The van der Waals surface area contributed by atoms with Crippen LogP contribution in [0.25, 0.3) is 12.2 Å². The van der Waals surface area contributed by atoms with Crippen LogP contribution in [0.15, 0.2) is 60.4 Å². The minimum atomic E-state index is -2.07. The van der Waals surface area contributed by atoms with E-state index in [9.17, 15) is 76.3 Å². The van der Waals surface area contributed by atoms with Crippen LogP contribution in [0.4, 0.5) is 0 Å². The van der Waals surface area contributed by atoms with Gasteiger partial charge in [0.05, 0.1) is 25.9 Å². The molecule has 0 spiro atoms. The molecule has 4 aliphatic heterocycles. The summed E-state index contributed by atoms with van der Waals surface area (Å²) in [6.07, 6.45) is -25.3. The van der Waals surface area contributed by atoms with E-state index in [1.54, 1.807) is 0 Å². The Hall–Kier alpha value is -5.55. The average Bonchev–Trinajstić information content (AvgIpc) is 3.31. The topological polar surface area (TPSA) is 383 Å². The molecule has 3 fully saturated rings. The number of aliphatic hydroxyl groups is 10. The number of aromatic hydroxyl groups is 4. The predicted octanol–water partition coefficient (Wildman–Crippen LogP) is -2.92. The van der Waals surface area contributed by atoms with Gasteiger partial charge in [0, 0.05) is 23.8 Å². The molecular formula is C43H50O24. The van der Waals surface area contributed by atoms with Crippen LogP contribution in [0, 0.1) is 0 Å². The molecule has 0 aliphatic carbocycles. The van der Waals surface area contributed by atoms with E-state index in [0.717, 1.165) is 18.2 Å². The summed E-state index contributed by atoms with van der Waals surface area (Å²) in [6, 6.07) is 9.97. The maximum absolute atomic E-state index is 12.8. The van der Waals surface area contributed by atoms with Gasteiger partial charge in [0.15, 0.2) is 41.5 Å². The number of esters is 1. The van der Waals surface area contributed by atoms with Gasteiger partial charge in [-0.05, 0) is 42.0 Å². The number of carbonyl (C=O) groups excluding carboxylic acids is 1. The molecule has 1 unspecified atom stereocenters. The Morgan fingerprint density at radius 1 is 0.642 bits per heavy atom. The quantitative estimate of drug-likeness (QED) is 0.0437. The van der Waals surface area contributed by atoms with Gasteiger partial charge in [-0.15, -0.1) is 0 Å². The van der Waals surface area contributed by atoms with Crippen molar-refractivity contribution >= 4 is 18.1 Å². The number of aliphatic hydroxyl groups excluding tert-OH is 10. The number of methoxy groups -OCH3 is 1. The van der Waals surface area contributed by atoms with Crippen LogP contribution in [-0.2, 0) is 33.2 Å². The van der Waals surface area contributed by atoms with Crippen molar-refractivity contribution < 1.29 is 119 Å². The van der Waals surface area contributed by atoms with Crippen molar-refractivity contribution in [1.82, 2.24) is 0 Å². The third kappa shape index (κ3) is 10.5. The molecule has 0 bridgehead atoms. The highest BCUT2D eigenvalue weighted by Crippen LogP contribution is 2.47. The zero-order valence-electron chi connectivity index (χ0n) is 35.1. The number of hydrogen-bond acceptors (Lipinski definition) is 24. The molecule has 16 atom stereocenters. The van der Waals surface area contributed by atoms with Gasteiger partial charge in [0.1, 0.15) is 96.8 Å². The van der Waals surface area contributed by atoms with Gasteiger partial charge in [-0.1, -0.05) is 12.1 Å². The van der Waals surface area contributed by atoms with Gasteiger partial charge < -0.3 is 114 Å². The first-order valence-electron chi connectivity index (χ1n) is 20.5. The molecular weight excluding hydrogens is 900 g/mol. The molecule has 7 rings (SSSR count). The zero-order valence-corrected chi connectivity index (χ0v) is 35.1. The minimum Gasteiger partial charge on any atom is -0.508 e. The molecule has 3 aromatic carbocycles.